The topological polar surface area (TPSA) is 87.7 Å². The van der Waals surface area contributed by atoms with Gasteiger partial charge in [0.25, 0.3) is 0 Å². The van der Waals surface area contributed by atoms with E-state index in [1.807, 2.05) is 6.07 Å². The van der Waals surface area contributed by atoms with E-state index in [-0.39, 0.29) is 11.8 Å². The molecule has 0 saturated carbocycles. The van der Waals surface area contributed by atoms with Crippen molar-refractivity contribution in [2.75, 3.05) is 20.2 Å². The van der Waals surface area contributed by atoms with E-state index >= 15 is 0 Å². The fourth-order valence-electron chi connectivity index (χ4n) is 3.64. The minimum atomic E-state index is -4.16. The van der Waals surface area contributed by atoms with Crippen LogP contribution >= 0.6 is 0 Å². The van der Waals surface area contributed by atoms with Gasteiger partial charge in [0.1, 0.15) is 10.7 Å². The highest BCUT2D eigenvalue weighted by molar-refractivity contribution is 7.89. The molecule has 1 fully saturated rings. The Labute approximate surface area is 186 Å². The molecule has 2 aromatic rings. The van der Waals surface area contributed by atoms with Crippen LogP contribution in [0.15, 0.2) is 47.4 Å². The number of benzene rings is 2. The number of piperidine rings is 1. The SMILES string of the molecule is COc1ccc(CN2CCC(NC(=O)[C@H](C)NS(=O)(=O)c3ccccc3F)CC2)cc1F. The predicted octanol–water partition coefficient (Wildman–Crippen LogP) is 2.42. The first-order chi connectivity index (χ1) is 15.2. The second-order valence-electron chi connectivity index (χ2n) is 7.80. The first-order valence-electron chi connectivity index (χ1n) is 10.3. The lowest BCUT2D eigenvalue weighted by Crippen LogP contribution is -2.51. The second kappa shape index (κ2) is 10.4. The summed E-state index contributed by atoms with van der Waals surface area (Å²) in [5.74, 6) is -1.55. The second-order valence-corrected chi connectivity index (χ2v) is 9.48. The molecule has 1 atom stereocenters. The standard InChI is InChI=1S/C22H27F2N3O4S/c1-15(26-32(29,30)21-6-4-3-5-18(21)23)22(28)25-17-9-11-27(12-10-17)14-16-7-8-20(31-2)19(24)13-16/h3-8,13,15,17,26H,9-12,14H2,1-2H3,(H,25,28)/t15-/m0/s1. The number of halogens is 2. The zero-order valence-corrected chi connectivity index (χ0v) is 18.8. The molecule has 0 aromatic heterocycles. The van der Waals surface area contributed by atoms with Crippen molar-refractivity contribution in [1.29, 1.82) is 0 Å². The maximum atomic E-state index is 13.9. The van der Waals surface area contributed by atoms with Gasteiger partial charge in [0.15, 0.2) is 11.6 Å². The molecule has 32 heavy (non-hydrogen) atoms. The van der Waals surface area contributed by atoms with E-state index in [1.165, 1.54) is 32.2 Å². The Bertz CT molecular complexity index is 1060. The number of hydrogen-bond donors (Lipinski definition) is 2. The van der Waals surface area contributed by atoms with Gasteiger partial charge in [-0.1, -0.05) is 18.2 Å². The fraction of sp³-hybridized carbons (Fsp3) is 0.409. The van der Waals surface area contributed by atoms with E-state index in [1.54, 1.807) is 6.07 Å². The summed E-state index contributed by atoms with van der Waals surface area (Å²) in [6.45, 7) is 3.41. The predicted molar refractivity (Wildman–Crippen MR) is 116 cm³/mol. The van der Waals surface area contributed by atoms with Crippen LogP contribution in [-0.4, -0.2) is 51.5 Å². The molecule has 1 amide bonds. The number of sulfonamides is 1. The van der Waals surface area contributed by atoms with Crippen LogP contribution in [0.1, 0.15) is 25.3 Å². The quantitative estimate of drug-likeness (QED) is 0.623. The average Bonchev–Trinajstić information content (AvgIpc) is 2.75. The molecule has 7 nitrogen and oxygen atoms in total. The third-order valence-electron chi connectivity index (χ3n) is 5.41. The van der Waals surface area contributed by atoms with Crippen molar-refractivity contribution < 1.29 is 26.7 Å². The Kier molecular flexibility index (Phi) is 7.81. The number of rotatable bonds is 8. The first kappa shape index (κ1) is 24.1. The molecule has 1 aliphatic heterocycles. The number of methoxy groups -OCH3 is 1. The minimum Gasteiger partial charge on any atom is -0.494 e. The molecule has 3 rings (SSSR count). The number of nitrogens with zero attached hydrogens (tertiary/aromatic N) is 1. The molecule has 174 valence electrons. The van der Waals surface area contributed by atoms with Crippen LogP contribution in [0.5, 0.6) is 5.75 Å². The summed E-state index contributed by atoms with van der Waals surface area (Å²) in [6.07, 6.45) is 1.36. The van der Waals surface area contributed by atoms with Crippen molar-refractivity contribution in [2.24, 2.45) is 0 Å². The number of ether oxygens (including phenoxy) is 1. The first-order valence-corrected chi connectivity index (χ1v) is 11.8. The van der Waals surface area contributed by atoms with Gasteiger partial charge in [-0.2, -0.15) is 4.72 Å². The van der Waals surface area contributed by atoms with Crippen LogP contribution < -0.4 is 14.8 Å². The minimum absolute atomic E-state index is 0.105. The maximum Gasteiger partial charge on any atom is 0.244 e. The molecule has 0 bridgehead atoms. The smallest absolute Gasteiger partial charge is 0.244 e. The molecular weight excluding hydrogens is 440 g/mol. The van der Waals surface area contributed by atoms with Crippen molar-refractivity contribution in [1.82, 2.24) is 14.9 Å². The molecule has 10 heteroatoms. The van der Waals surface area contributed by atoms with E-state index in [0.717, 1.165) is 17.7 Å². The van der Waals surface area contributed by atoms with Crippen LogP contribution in [0.2, 0.25) is 0 Å². The zero-order chi connectivity index (χ0) is 23.3. The highest BCUT2D eigenvalue weighted by atomic mass is 32.2. The molecule has 0 radical (unpaired) electrons. The molecule has 2 N–H and O–H groups in total. The summed E-state index contributed by atoms with van der Waals surface area (Å²) >= 11 is 0. The molecule has 0 aliphatic carbocycles. The van der Waals surface area contributed by atoms with E-state index in [4.69, 9.17) is 4.74 Å². The lowest BCUT2D eigenvalue weighted by molar-refractivity contribution is -0.123. The van der Waals surface area contributed by atoms with Gasteiger partial charge in [-0.05, 0) is 49.6 Å². The summed E-state index contributed by atoms with van der Waals surface area (Å²) in [6, 6.07) is 8.71. The Morgan fingerprint density at radius 3 is 2.47 bits per heavy atom. The normalized spacial score (nSPS) is 16.5. The largest absolute Gasteiger partial charge is 0.494 e. The Balaban J connectivity index is 1.48. The molecule has 1 aliphatic rings. The van der Waals surface area contributed by atoms with E-state index in [2.05, 4.69) is 14.9 Å². The average molecular weight is 468 g/mol. The number of amides is 1. The van der Waals surface area contributed by atoms with Gasteiger partial charge in [0, 0.05) is 25.7 Å². The summed E-state index contributed by atoms with van der Waals surface area (Å²) in [7, 11) is -2.74. The van der Waals surface area contributed by atoms with Crippen molar-refractivity contribution in [3.63, 3.8) is 0 Å². The molecule has 0 spiro atoms. The van der Waals surface area contributed by atoms with Gasteiger partial charge < -0.3 is 10.1 Å². The van der Waals surface area contributed by atoms with Crippen LogP contribution in [0.4, 0.5) is 8.78 Å². The van der Waals surface area contributed by atoms with E-state index in [0.29, 0.717) is 32.5 Å². The summed E-state index contributed by atoms with van der Waals surface area (Å²) in [4.78, 5) is 14.1. The summed E-state index contributed by atoms with van der Waals surface area (Å²) < 4.78 is 59.6. The van der Waals surface area contributed by atoms with Gasteiger partial charge >= 0.3 is 0 Å². The number of carbonyl (C=O) groups excluding carboxylic acids is 1. The van der Waals surface area contributed by atoms with Crippen molar-refractivity contribution in [3.05, 3.63) is 59.7 Å². The third kappa shape index (κ3) is 6.02. The van der Waals surface area contributed by atoms with E-state index in [9.17, 15) is 22.0 Å². The summed E-state index contributed by atoms with van der Waals surface area (Å²) in [5, 5.41) is 2.85. The molecule has 2 aromatic carbocycles. The summed E-state index contributed by atoms with van der Waals surface area (Å²) in [5.41, 5.74) is 0.835. The molecule has 1 heterocycles. The zero-order valence-electron chi connectivity index (χ0n) is 18.0. The maximum absolute atomic E-state index is 13.9. The van der Waals surface area contributed by atoms with Crippen LogP contribution in [0.3, 0.4) is 0 Å². The number of nitrogens with one attached hydrogen (secondary N) is 2. The van der Waals surface area contributed by atoms with Gasteiger partial charge in [0.05, 0.1) is 13.2 Å². The van der Waals surface area contributed by atoms with Crippen LogP contribution in [0.25, 0.3) is 0 Å². The lowest BCUT2D eigenvalue weighted by Gasteiger charge is -2.33. The Morgan fingerprint density at radius 1 is 1.16 bits per heavy atom. The van der Waals surface area contributed by atoms with Gasteiger partial charge in [-0.3, -0.25) is 9.69 Å². The van der Waals surface area contributed by atoms with Crippen molar-refractivity contribution in [2.45, 2.75) is 43.3 Å². The van der Waals surface area contributed by atoms with Gasteiger partial charge in [-0.25, -0.2) is 17.2 Å². The molecule has 0 unspecified atom stereocenters. The van der Waals surface area contributed by atoms with Crippen molar-refractivity contribution >= 4 is 15.9 Å². The van der Waals surface area contributed by atoms with Crippen molar-refractivity contribution in [3.8, 4) is 5.75 Å². The monoisotopic (exact) mass is 467 g/mol. The third-order valence-corrected chi connectivity index (χ3v) is 6.98. The Hall–Kier alpha value is -2.56. The number of carbonyl (C=O) groups is 1. The molecular formula is C22H27F2N3O4S. The highest BCUT2D eigenvalue weighted by Crippen LogP contribution is 2.20. The lowest BCUT2D eigenvalue weighted by atomic mass is 10.0. The number of hydrogen-bond acceptors (Lipinski definition) is 5. The highest BCUT2D eigenvalue weighted by Gasteiger charge is 2.27. The van der Waals surface area contributed by atoms with Crippen LogP contribution in [-0.2, 0) is 21.4 Å². The van der Waals surface area contributed by atoms with E-state index < -0.39 is 38.5 Å². The van der Waals surface area contributed by atoms with Gasteiger partial charge in [0.2, 0.25) is 15.9 Å². The Morgan fingerprint density at radius 2 is 1.84 bits per heavy atom. The van der Waals surface area contributed by atoms with Gasteiger partial charge in [-0.15, -0.1) is 0 Å². The number of likely N-dealkylation sites (tertiary alicyclic amines) is 1. The fourth-order valence-corrected chi connectivity index (χ4v) is 4.92. The molecule has 1 saturated heterocycles. The van der Waals surface area contributed by atoms with Crippen LogP contribution in [0, 0.1) is 11.6 Å².